The molecule has 0 radical (unpaired) electrons. The minimum atomic E-state index is -1.07. The van der Waals surface area contributed by atoms with Crippen molar-refractivity contribution >= 4 is 0 Å². The highest BCUT2D eigenvalue weighted by Crippen LogP contribution is 2.36. The number of hydrogen-bond donors (Lipinski definition) is 3. The average molecular weight is 412 g/mol. The highest BCUT2D eigenvalue weighted by molar-refractivity contribution is 5.73. The SMILES string of the molecule is COc1cc(-c2cccc(C3OC(CO)CC(O)C3O)c2)ccc1-c1nnc(C)o1. The number of rotatable bonds is 5. The van der Waals surface area contributed by atoms with Gasteiger partial charge in [-0.15, -0.1) is 10.2 Å². The van der Waals surface area contributed by atoms with Crippen LogP contribution in [0.2, 0.25) is 0 Å². The number of ether oxygens (including phenoxy) is 2. The van der Waals surface area contributed by atoms with E-state index < -0.39 is 24.4 Å². The Hall–Kier alpha value is -2.78. The van der Waals surface area contributed by atoms with Crippen LogP contribution in [0.1, 0.15) is 24.0 Å². The first kappa shape index (κ1) is 20.5. The van der Waals surface area contributed by atoms with Crippen molar-refractivity contribution in [3.8, 4) is 28.3 Å². The molecule has 0 spiro atoms. The number of aliphatic hydroxyl groups excluding tert-OH is 3. The normalized spacial score (nSPS) is 24.0. The van der Waals surface area contributed by atoms with E-state index in [0.29, 0.717) is 28.7 Å². The monoisotopic (exact) mass is 412 g/mol. The number of aryl methyl sites for hydroxylation is 1. The third-order valence-electron chi connectivity index (χ3n) is 5.26. The summed E-state index contributed by atoms with van der Waals surface area (Å²) in [5.41, 5.74) is 3.18. The van der Waals surface area contributed by atoms with Gasteiger partial charge < -0.3 is 29.2 Å². The van der Waals surface area contributed by atoms with Crippen molar-refractivity contribution in [1.29, 1.82) is 0 Å². The van der Waals surface area contributed by atoms with Gasteiger partial charge >= 0.3 is 0 Å². The van der Waals surface area contributed by atoms with Crippen molar-refractivity contribution in [1.82, 2.24) is 10.2 Å². The van der Waals surface area contributed by atoms with Crippen LogP contribution < -0.4 is 4.74 Å². The third kappa shape index (κ3) is 3.95. The van der Waals surface area contributed by atoms with Crippen LogP contribution in [0.15, 0.2) is 46.9 Å². The molecule has 4 atom stereocenters. The van der Waals surface area contributed by atoms with Crippen molar-refractivity contribution in [2.45, 2.75) is 37.8 Å². The summed E-state index contributed by atoms with van der Waals surface area (Å²) in [7, 11) is 1.57. The van der Waals surface area contributed by atoms with Gasteiger partial charge in [-0.25, -0.2) is 0 Å². The van der Waals surface area contributed by atoms with E-state index >= 15 is 0 Å². The second kappa shape index (κ2) is 8.53. The third-order valence-corrected chi connectivity index (χ3v) is 5.26. The summed E-state index contributed by atoms with van der Waals surface area (Å²) in [5, 5.41) is 37.9. The standard InChI is InChI=1S/C22H24N2O6/c1-12-23-24-22(29-12)17-7-6-14(9-19(17)28-2)13-4-3-5-15(8-13)21-20(27)18(26)10-16(11-25)30-21/h3-9,16,18,20-21,25-27H,10-11H2,1-2H3. The lowest BCUT2D eigenvalue weighted by Crippen LogP contribution is -2.44. The minimum absolute atomic E-state index is 0.196. The van der Waals surface area contributed by atoms with Crippen LogP contribution in [-0.4, -0.2) is 57.5 Å². The summed E-state index contributed by atoms with van der Waals surface area (Å²) in [6.45, 7) is 1.51. The number of hydrogen-bond acceptors (Lipinski definition) is 8. The molecule has 158 valence electrons. The van der Waals surface area contributed by atoms with Gasteiger partial charge in [0.15, 0.2) is 0 Å². The Morgan fingerprint density at radius 2 is 1.90 bits per heavy atom. The zero-order chi connectivity index (χ0) is 21.3. The molecule has 1 saturated heterocycles. The van der Waals surface area contributed by atoms with Crippen molar-refractivity contribution in [3.63, 3.8) is 0 Å². The van der Waals surface area contributed by atoms with Crippen molar-refractivity contribution in [2.75, 3.05) is 13.7 Å². The van der Waals surface area contributed by atoms with Gasteiger partial charge in [-0.1, -0.05) is 24.3 Å². The van der Waals surface area contributed by atoms with Gasteiger partial charge in [0.1, 0.15) is 18.0 Å². The fourth-order valence-electron chi connectivity index (χ4n) is 3.70. The molecule has 1 aliphatic heterocycles. The topological polar surface area (TPSA) is 118 Å². The van der Waals surface area contributed by atoms with Crippen LogP contribution >= 0.6 is 0 Å². The molecule has 4 rings (SSSR count). The molecule has 3 N–H and O–H groups in total. The van der Waals surface area contributed by atoms with Crippen LogP contribution in [0, 0.1) is 6.92 Å². The number of methoxy groups -OCH3 is 1. The summed E-state index contributed by atoms with van der Waals surface area (Å²) in [4.78, 5) is 0. The maximum atomic E-state index is 10.4. The molecule has 1 aliphatic rings. The van der Waals surface area contributed by atoms with E-state index in [1.807, 2.05) is 42.5 Å². The van der Waals surface area contributed by atoms with Gasteiger partial charge in [-0.05, 0) is 34.9 Å². The van der Waals surface area contributed by atoms with Gasteiger partial charge in [-0.2, -0.15) is 0 Å². The van der Waals surface area contributed by atoms with Gasteiger partial charge in [-0.3, -0.25) is 0 Å². The zero-order valence-electron chi connectivity index (χ0n) is 16.7. The molecule has 2 aromatic carbocycles. The Morgan fingerprint density at radius 1 is 1.10 bits per heavy atom. The fourth-order valence-corrected chi connectivity index (χ4v) is 3.70. The van der Waals surface area contributed by atoms with Crippen LogP contribution in [-0.2, 0) is 4.74 Å². The number of benzene rings is 2. The largest absolute Gasteiger partial charge is 0.496 e. The maximum absolute atomic E-state index is 10.4. The summed E-state index contributed by atoms with van der Waals surface area (Å²) < 4.78 is 16.8. The molecule has 30 heavy (non-hydrogen) atoms. The summed E-state index contributed by atoms with van der Waals surface area (Å²) >= 11 is 0. The average Bonchev–Trinajstić information content (AvgIpc) is 3.21. The number of aromatic nitrogens is 2. The molecule has 0 bridgehead atoms. The summed E-state index contributed by atoms with van der Waals surface area (Å²) in [6, 6.07) is 13.2. The first-order chi connectivity index (χ1) is 14.5. The van der Waals surface area contributed by atoms with Crippen LogP contribution in [0.3, 0.4) is 0 Å². The molecular formula is C22H24N2O6. The molecule has 1 aromatic heterocycles. The molecule has 4 unspecified atom stereocenters. The Kier molecular flexibility index (Phi) is 5.83. The van der Waals surface area contributed by atoms with Crippen molar-refractivity contribution in [3.05, 3.63) is 53.9 Å². The van der Waals surface area contributed by atoms with Crippen LogP contribution in [0.4, 0.5) is 0 Å². The highest BCUT2D eigenvalue weighted by atomic mass is 16.5. The van der Waals surface area contributed by atoms with E-state index in [-0.39, 0.29) is 13.0 Å². The predicted octanol–water partition coefficient (Wildman–Crippen LogP) is 2.26. The second-order valence-corrected chi connectivity index (χ2v) is 7.32. The van der Waals surface area contributed by atoms with E-state index in [1.165, 1.54) is 0 Å². The molecule has 2 heterocycles. The fraction of sp³-hybridized carbons (Fsp3) is 0.364. The summed E-state index contributed by atoms with van der Waals surface area (Å²) in [6.07, 6.45) is -3.08. The van der Waals surface area contributed by atoms with E-state index in [2.05, 4.69) is 10.2 Å². The highest BCUT2D eigenvalue weighted by Gasteiger charge is 2.37. The molecule has 3 aromatic rings. The lowest BCUT2D eigenvalue weighted by molar-refractivity contribution is -0.179. The smallest absolute Gasteiger partial charge is 0.251 e. The van der Waals surface area contributed by atoms with E-state index in [0.717, 1.165) is 11.1 Å². The van der Waals surface area contributed by atoms with Crippen molar-refractivity contribution in [2.24, 2.45) is 0 Å². The maximum Gasteiger partial charge on any atom is 0.251 e. The number of nitrogens with zero attached hydrogens (tertiary/aromatic N) is 2. The Bertz CT molecular complexity index is 1020. The van der Waals surface area contributed by atoms with Gasteiger partial charge in [0.05, 0.1) is 31.5 Å². The zero-order valence-corrected chi connectivity index (χ0v) is 16.7. The lowest BCUT2D eigenvalue weighted by Gasteiger charge is -2.37. The Morgan fingerprint density at radius 3 is 2.60 bits per heavy atom. The summed E-state index contributed by atoms with van der Waals surface area (Å²) in [5.74, 6) is 1.44. The molecular weight excluding hydrogens is 388 g/mol. The molecule has 1 fully saturated rings. The minimum Gasteiger partial charge on any atom is -0.496 e. The van der Waals surface area contributed by atoms with Crippen LogP contribution in [0.5, 0.6) is 5.75 Å². The molecule has 0 amide bonds. The molecule has 0 saturated carbocycles. The van der Waals surface area contributed by atoms with Crippen molar-refractivity contribution < 1.29 is 29.2 Å². The molecule has 8 nitrogen and oxygen atoms in total. The first-order valence-electron chi connectivity index (χ1n) is 9.71. The predicted molar refractivity (Wildman–Crippen MR) is 108 cm³/mol. The van der Waals surface area contributed by atoms with E-state index in [4.69, 9.17) is 13.9 Å². The lowest BCUT2D eigenvalue weighted by atomic mass is 9.91. The van der Waals surface area contributed by atoms with Gasteiger partial charge in [0.2, 0.25) is 5.89 Å². The number of aliphatic hydroxyl groups is 3. The Labute approximate surface area is 173 Å². The second-order valence-electron chi connectivity index (χ2n) is 7.32. The van der Waals surface area contributed by atoms with E-state index in [1.54, 1.807) is 14.0 Å². The van der Waals surface area contributed by atoms with Gasteiger partial charge in [0, 0.05) is 13.3 Å². The molecule has 8 heteroatoms. The van der Waals surface area contributed by atoms with Gasteiger partial charge in [0.25, 0.3) is 5.89 Å². The Balaban J connectivity index is 1.67. The van der Waals surface area contributed by atoms with Crippen LogP contribution in [0.25, 0.3) is 22.6 Å². The molecule has 0 aliphatic carbocycles. The first-order valence-corrected chi connectivity index (χ1v) is 9.71. The van der Waals surface area contributed by atoms with E-state index in [9.17, 15) is 15.3 Å². The quantitative estimate of drug-likeness (QED) is 0.584.